The lowest BCUT2D eigenvalue weighted by Crippen LogP contribution is -2.69. The van der Waals surface area contributed by atoms with Crippen LogP contribution in [0.3, 0.4) is 0 Å². The Hall–Kier alpha value is -0.780. The number of ether oxygens (including phenoxy) is 1. The van der Waals surface area contributed by atoms with E-state index in [-0.39, 0.29) is 23.0 Å². The van der Waals surface area contributed by atoms with Crippen molar-refractivity contribution in [2.75, 3.05) is 31.2 Å². The molecule has 0 aromatic carbocycles. The molecule has 1 amide bonds. The molecule has 2 fully saturated rings. The molecule has 2 aliphatic heterocycles. The number of carbonyl (C=O) groups excluding carboxylic acids is 1. The fraction of sp³-hybridized carbons (Fsp3) is 0.900. The lowest BCUT2D eigenvalue weighted by atomic mass is 9.83. The smallest absolute Gasteiger partial charge is 0.409 e. The Labute approximate surface area is 95.7 Å². The number of carbonyl (C=O) groups is 1. The molecule has 16 heavy (non-hydrogen) atoms. The van der Waals surface area contributed by atoms with Gasteiger partial charge in [0.1, 0.15) is 0 Å². The number of sulfone groups is 1. The molecular weight excluding hydrogens is 230 g/mol. The summed E-state index contributed by atoms with van der Waals surface area (Å²) in [6.07, 6.45) is 1.57. The Bertz CT molecular complexity index is 370. The third-order valence-corrected chi connectivity index (χ3v) is 5.19. The lowest BCUT2D eigenvalue weighted by molar-refractivity contribution is 0.0126. The van der Waals surface area contributed by atoms with Gasteiger partial charge in [-0.2, -0.15) is 0 Å². The molecule has 2 aliphatic rings. The summed E-state index contributed by atoms with van der Waals surface area (Å²) >= 11 is 0. The average molecular weight is 247 g/mol. The summed E-state index contributed by atoms with van der Waals surface area (Å²) < 4.78 is 27.1. The van der Waals surface area contributed by atoms with Gasteiger partial charge in [-0.05, 0) is 6.42 Å². The highest BCUT2D eigenvalue weighted by atomic mass is 32.2. The molecule has 0 atom stereocenters. The fourth-order valence-corrected chi connectivity index (χ4v) is 4.51. The van der Waals surface area contributed by atoms with Gasteiger partial charge >= 0.3 is 6.09 Å². The van der Waals surface area contributed by atoms with E-state index in [4.69, 9.17) is 4.74 Å². The van der Waals surface area contributed by atoms with Crippen LogP contribution in [0.2, 0.25) is 0 Å². The Balaban J connectivity index is 1.71. The van der Waals surface area contributed by atoms with Crippen LogP contribution < -0.4 is 0 Å². The van der Waals surface area contributed by atoms with Crippen LogP contribution in [0, 0.1) is 5.41 Å². The fourth-order valence-electron chi connectivity index (χ4n) is 2.36. The van der Waals surface area contributed by atoms with E-state index in [9.17, 15) is 13.2 Å². The second kappa shape index (κ2) is 3.91. The largest absolute Gasteiger partial charge is 0.449 e. The van der Waals surface area contributed by atoms with Gasteiger partial charge < -0.3 is 9.64 Å². The molecule has 2 heterocycles. The summed E-state index contributed by atoms with van der Waals surface area (Å²) in [6.45, 7) is 3.57. The Morgan fingerprint density at radius 2 is 2.00 bits per heavy atom. The van der Waals surface area contributed by atoms with Crippen LogP contribution >= 0.6 is 0 Å². The van der Waals surface area contributed by atoms with E-state index >= 15 is 0 Å². The first kappa shape index (κ1) is 11.7. The van der Waals surface area contributed by atoms with Crippen molar-refractivity contribution in [3.8, 4) is 0 Å². The van der Waals surface area contributed by atoms with Crippen molar-refractivity contribution in [1.82, 2.24) is 4.90 Å². The van der Waals surface area contributed by atoms with Gasteiger partial charge in [0.25, 0.3) is 0 Å². The molecule has 0 radical (unpaired) electrons. The molecule has 0 N–H and O–H groups in total. The van der Waals surface area contributed by atoms with Crippen molar-refractivity contribution in [3.63, 3.8) is 0 Å². The molecule has 92 valence electrons. The van der Waals surface area contributed by atoms with Crippen LogP contribution in [0.1, 0.15) is 19.8 Å². The molecule has 2 saturated heterocycles. The van der Waals surface area contributed by atoms with Crippen LogP contribution in [0.4, 0.5) is 4.79 Å². The SMILES string of the molecule is CCCCOC(=O)N1CC2(C1)CS(=O)(=O)C2. The Kier molecular flexibility index (Phi) is 2.86. The zero-order valence-electron chi connectivity index (χ0n) is 9.44. The summed E-state index contributed by atoms with van der Waals surface area (Å²) in [5.41, 5.74) is -0.136. The van der Waals surface area contributed by atoms with Crippen molar-refractivity contribution >= 4 is 15.9 Å². The molecule has 0 saturated carbocycles. The van der Waals surface area contributed by atoms with Crippen LogP contribution in [-0.2, 0) is 14.6 Å². The number of unbranched alkanes of at least 4 members (excludes halogenated alkanes) is 1. The Morgan fingerprint density at radius 3 is 2.50 bits per heavy atom. The Morgan fingerprint density at radius 1 is 1.38 bits per heavy atom. The minimum absolute atomic E-state index is 0.136. The third kappa shape index (κ3) is 2.16. The van der Waals surface area contributed by atoms with Crippen LogP contribution in [0.15, 0.2) is 0 Å². The van der Waals surface area contributed by atoms with Crippen molar-refractivity contribution in [2.24, 2.45) is 5.41 Å². The number of nitrogens with zero attached hydrogens (tertiary/aromatic N) is 1. The second-order valence-electron chi connectivity index (χ2n) is 4.86. The molecule has 0 aromatic rings. The molecule has 6 heteroatoms. The first-order valence-corrected chi connectivity index (χ1v) is 7.41. The highest BCUT2D eigenvalue weighted by Crippen LogP contribution is 2.41. The molecule has 0 aliphatic carbocycles. The van der Waals surface area contributed by atoms with Gasteiger partial charge in [-0.15, -0.1) is 0 Å². The van der Waals surface area contributed by atoms with Crippen LogP contribution in [0.5, 0.6) is 0 Å². The van der Waals surface area contributed by atoms with Crippen molar-refractivity contribution in [3.05, 3.63) is 0 Å². The molecule has 1 spiro atoms. The van der Waals surface area contributed by atoms with Gasteiger partial charge in [-0.25, -0.2) is 13.2 Å². The number of amides is 1. The number of hydrogen-bond acceptors (Lipinski definition) is 4. The number of rotatable bonds is 3. The minimum atomic E-state index is -2.80. The first-order chi connectivity index (χ1) is 7.46. The minimum Gasteiger partial charge on any atom is -0.449 e. The molecule has 0 bridgehead atoms. The van der Waals surface area contributed by atoms with E-state index in [1.165, 1.54) is 0 Å². The summed E-state index contributed by atoms with van der Waals surface area (Å²) in [4.78, 5) is 13.0. The van der Waals surface area contributed by atoms with E-state index in [2.05, 4.69) is 0 Å². The van der Waals surface area contributed by atoms with Gasteiger partial charge in [0.05, 0.1) is 18.1 Å². The molecule has 2 rings (SSSR count). The third-order valence-electron chi connectivity index (χ3n) is 3.09. The zero-order chi connectivity index (χ0) is 11.8. The van der Waals surface area contributed by atoms with Gasteiger partial charge in [-0.3, -0.25) is 0 Å². The predicted octanol–water partition coefficient (Wildman–Crippen LogP) is 0.654. The average Bonchev–Trinajstić information content (AvgIpc) is 2.09. The predicted molar refractivity (Wildman–Crippen MR) is 58.9 cm³/mol. The molecule has 0 aromatic heterocycles. The summed E-state index contributed by atoms with van der Waals surface area (Å²) in [5.74, 6) is 0.470. The van der Waals surface area contributed by atoms with E-state index < -0.39 is 9.84 Å². The van der Waals surface area contributed by atoms with E-state index in [0.717, 1.165) is 12.8 Å². The highest BCUT2D eigenvalue weighted by molar-refractivity contribution is 7.92. The molecule has 0 unspecified atom stereocenters. The number of likely N-dealkylation sites (tertiary alicyclic amines) is 1. The molecule has 5 nitrogen and oxygen atoms in total. The van der Waals surface area contributed by atoms with Crippen molar-refractivity contribution in [1.29, 1.82) is 0 Å². The highest BCUT2D eigenvalue weighted by Gasteiger charge is 2.57. The van der Waals surface area contributed by atoms with Gasteiger partial charge in [0.15, 0.2) is 9.84 Å². The van der Waals surface area contributed by atoms with Gasteiger partial charge in [0, 0.05) is 18.5 Å². The zero-order valence-corrected chi connectivity index (χ0v) is 10.3. The van der Waals surface area contributed by atoms with Gasteiger partial charge in [0.2, 0.25) is 0 Å². The van der Waals surface area contributed by atoms with Gasteiger partial charge in [-0.1, -0.05) is 13.3 Å². The van der Waals surface area contributed by atoms with Crippen molar-refractivity contribution < 1.29 is 17.9 Å². The summed E-state index contributed by atoms with van der Waals surface area (Å²) in [5, 5.41) is 0. The maximum atomic E-state index is 11.4. The lowest BCUT2D eigenvalue weighted by Gasteiger charge is -2.53. The monoisotopic (exact) mass is 247 g/mol. The summed E-state index contributed by atoms with van der Waals surface area (Å²) in [6, 6.07) is 0. The van der Waals surface area contributed by atoms with Crippen LogP contribution in [-0.4, -0.2) is 50.6 Å². The quantitative estimate of drug-likeness (QED) is 0.687. The summed E-state index contributed by atoms with van der Waals surface area (Å²) in [7, 11) is -2.80. The maximum absolute atomic E-state index is 11.4. The van der Waals surface area contributed by atoms with Crippen LogP contribution in [0.25, 0.3) is 0 Å². The van der Waals surface area contributed by atoms with Crippen molar-refractivity contribution in [2.45, 2.75) is 19.8 Å². The molecular formula is C10H17NO4S. The standard InChI is InChI=1S/C10H17NO4S/c1-2-3-4-15-9(12)11-5-10(6-11)7-16(13,14)8-10/h2-8H2,1H3. The first-order valence-electron chi connectivity index (χ1n) is 5.58. The normalized spacial score (nSPS) is 24.7. The van der Waals surface area contributed by atoms with E-state index in [0.29, 0.717) is 19.7 Å². The topological polar surface area (TPSA) is 63.7 Å². The van der Waals surface area contributed by atoms with E-state index in [1.54, 1.807) is 4.90 Å². The maximum Gasteiger partial charge on any atom is 0.409 e. The van der Waals surface area contributed by atoms with E-state index in [1.807, 2.05) is 6.92 Å². The second-order valence-corrected chi connectivity index (χ2v) is 6.92. The number of hydrogen-bond donors (Lipinski definition) is 0.